The molecule has 0 aliphatic carbocycles. The Morgan fingerprint density at radius 2 is 2.00 bits per heavy atom. The molecule has 4 aromatic rings. The lowest BCUT2D eigenvalue weighted by Gasteiger charge is -2.14. The number of nitrogens with one attached hydrogen (secondary N) is 1. The molecule has 0 atom stereocenters. The number of para-hydroxylation sites is 1. The molecule has 2 heterocycles. The number of rotatable bonds is 7. The maximum atomic E-state index is 13.2. The molecule has 4 rings (SSSR count). The molecule has 2 aromatic carbocycles. The molecular formula is C24H23N3O3S2. The van der Waals surface area contributed by atoms with E-state index in [0.717, 1.165) is 22.4 Å². The number of thioether (sulfide) groups is 1. The second-order valence-electron chi connectivity index (χ2n) is 7.39. The third kappa shape index (κ3) is 4.71. The lowest BCUT2D eigenvalue weighted by Crippen LogP contribution is -2.24. The normalized spacial score (nSPS) is 11.0. The number of anilines is 1. The highest BCUT2D eigenvalue weighted by Gasteiger charge is 2.16. The van der Waals surface area contributed by atoms with Crippen LogP contribution in [0, 0.1) is 13.8 Å². The Morgan fingerprint density at radius 3 is 2.81 bits per heavy atom. The number of ether oxygens (including phenoxy) is 1. The van der Waals surface area contributed by atoms with E-state index in [9.17, 15) is 9.59 Å². The van der Waals surface area contributed by atoms with Crippen molar-refractivity contribution in [1.82, 2.24) is 9.55 Å². The van der Waals surface area contributed by atoms with Gasteiger partial charge in [0.25, 0.3) is 5.56 Å². The Bertz CT molecular complexity index is 1340. The minimum Gasteiger partial charge on any atom is -0.496 e. The molecule has 0 saturated heterocycles. The number of methoxy groups -OCH3 is 1. The van der Waals surface area contributed by atoms with Gasteiger partial charge in [0, 0.05) is 11.3 Å². The van der Waals surface area contributed by atoms with E-state index in [1.165, 1.54) is 23.1 Å². The third-order valence-corrected chi connectivity index (χ3v) is 6.92. The van der Waals surface area contributed by atoms with Crippen LogP contribution < -0.4 is 15.6 Å². The van der Waals surface area contributed by atoms with Crippen molar-refractivity contribution < 1.29 is 9.53 Å². The molecule has 1 amide bonds. The maximum absolute atomic E-state index is 13.2. The minimum atomic E-state index is -0.146. The molecule has 32 heavy (non-hydrogen) atoms. The SMILES string of the molecule is COc1ccccc1Cn1c(SCC(=O)Nc2cc(C)ccc2C)nc2ccsc2c1=O. The molecule has 0 aliphatic rings. The number of carbonyl (C=O) groups is 1. The van der Waals surface area contributed by atoms with Gasteiger partial charge in [-0.2, -0.15) is 0 Å². The van der Waals surface area contributed by atoms with Gasteiger partial charge in [-0.25, -0.2) is 4.98 Å². The maximum Gasteiger partial charge on any atom is 0.272 e. The Labute approximate surface area is 194 Å². The standard InChI is InChI=1S/C24H23N3O3S2/c1-15-8-9-16(2)19(12-15)25-21(28)14-32-24-26-18-10-11-31-22(18)23(29)27(24)13-17-6-4-5-7-20(17)30-3/h4-12H,13-14H2,1-3H3,(H,25,28). The zero-order chi connectivity index (χ0) is 22.7. The Kier molecular flexibility index (Phi) is 6.62. The number of hydrogen-bond acceptors (Lipinski definition) is 6. The smallest absolute Gasteiger partial charge is 0.272 e. The fourth-order valence-electron chi connectivity index (χ4n) is 3.36. The Hall–Kier alpha value is -3.10. The number of aromatic nitrogens is 2. The van der Waals surface area contributed by atoms with Crippen LogP contribution in [0.2, 0.25) is 0 Å². The van der Waals surface area contributed by atoms with Gasteiger partial charge >= 0.3 is 0 Å². The molecule has 8 heteroatoms. The van der Waals surface area contributed by atoms with Gasteiger partial charge in [0.05, 0.1) is 24.9 Å². The van der Waals surface area contributed by atoms with Gasteiger partial charge in [-0.3, -0.25) is 14.2 Å². The van der Waals surface area contributed by atoms with E-state index in [1.807, 2.05) is 67.8 Å². The monoisotopic (exact) mass is 465 g/mol. The van der Waals surface area contributed by atoms with Gasteiger partial charge in [0.2, 0.25) is 5.91 Å². The summed E-state index contributed by atoms with van der Waals surface area (Å²) in [4.78, 5) is 30.5. The first-order valence-corrected chi connectivity index (χ1v) is 11.9. The topological polar surface area (TPSA) is 73.2 Å². The lowest BCUT2D eigenvalue weighted by molar-refractivity contribution is -0.113. The second-order valence-corrected chi connectivity index (χ2v) is 9.25. The molecule has 0 fully saturated rings. The average Bonchev–Trinajstić information content (AvgIpc) is 3.26. The Morgan fingerprint density at radius 1 is 1.19 bits per heavy atom. The summed E-state index contributed by atoms with van der Waals surface area (Å²) in [5.41, 5.74) is 4.27. The van der Waals surface area contributed by atoms with Crippen LogP contribution in [-0.2, 0) is 11.3 Å². The van der Waals surface area contributed by atoms with E-state index >= 15 is 0 Å². The van der Waals surface area contributed by atoms with E-state index in [4.69, 9.17) is 4.74 Å². The van der Waals surface area contributed by atoms with Crippen molar-refractivity contribution in [3.63, 3.8) is 0 Å². The van der Waals surface area contributed by atoms with Crippen molar-refractivity contribution in [3.8, 4) is 5.75 Å². The van der Waals surface area contributed by atoms with Gasteiger partial charge in [0.1, 0.15) is 10.4 Å². The molecule has 0 aliphatic heterocycles. The summed E-state index contributed by atoms with van der Waals surface area (Å²) < 4.78 is 7.67. The van der Waals surface area contributed by atoms with E-state index in [-0.39, 0.29) is 17.2 Å². The van der Waals surface area contributed by atoms with Crippen LogP contribution in [0.4, 0.5) is 5.69 Å². The molecule has 0 saturated carbocycles. The molecule has 0 unspecified atom stereocenters. The predicted molar refractivity (Wildman–Crippen MR) is 131 cm³/mol. The highest BCUT2D eigenvalue weighted by atomic mass is 32.2. The quantitative estimate of drug-likeness (QED) is 0.312. The van der Waals surface area contributed by atoms with Crippen LogP contribution in [0.15, 0.2) is 63.9 Å². The predicted octanol–water partition coefficient (Wildman–Crippen LogP) is 4.86. The van der Waals surface area contributed by atoms with Crippen LogP contribution in [0.3, 0.4) is 0 Å². The summed E-state index contributed by atoms with van der Waals surface area (Å²) in [6, 6.07) is 15.3. The number of aryl methyl sites for hydroxylation is 2. The van der Waals surface area contributed by atoms with Crippen LogP contribution in [0.1, 0.15) is 16.7 Å². The van der Waals surface area contributed by atoms with E-state index in [1.54, 1.807) is 11.7 Å². The highest BCUT2D eigenvalue weighted by molar-refractivity contribution is 7.99. The zero-order valence-electron chi connectivity index (χ0n) is 18.0. The molecule has 2 aromatic heterocycles. The molecule has 164 valence electrons. The van der Waals surface area contributed by atoms with Crippen molar-refractivity contribution in [2.45, 2.75) is 25.5 Å². The fourth-order valence-corrected chi connectivity index (χ4v) is 4.94. The molecular weight excluding hydrogens is 442 g/mol. The summed E-state index contributed by atoms with van der Waals surface area (Å²) in [5, 5.41) is 5.32. The van der Waals surface area contributed by atoms with Gasteiger partial charge in [-0.05, 0) is 48.6 Å². The second kappa shape index (κ2) is 9.58. The molecule has 6 nitrogen and oxygen atoms in total. The van der Waals surface area contributed by atoms with Crippen LogP contribution in [-0.4, -0.2) is 28.3 Å². The first-order valence-electron chi connectivity index (χ1n) is 10.1. The molecule has 0 bridgehead atoms. The summed E-state index contributed by atoms with van der Waals surface area (Å²) in [7, 11) is 1.61. The molecule has 0 radical (unpaired) electrons. The number of amides is 1. The van der Waals surface area contributed by atoms with Crippen molar-refractivity contribution in [1.29, 1.82) is 0 Å². The largest absolute Gasteiger partial charge is 0.496 e. The lowest BCUT2D eigenvalue weighted by atomic mass is 10.1. The number of fused-ring (bicyclic) bond motifs is 1. The minimum absolute atomic E-state index is 0.117. The van der Waals surface area contributed by atoms with Crippen molar-refractivity contribution >= 4 is 44.9 Å². The van der Waals surface area contributed by atoms with Gasteiger partial charge in [-0.1, -0.05) is 42.1 Å². The van der Waals surface area contributed by atoms with Gasteiger partial charge < -0.3 is 10.1 Å². The van der Waals surface area contributed by atoms with Crippen molar-refractivity contribution in [2.75, 3.05) is 18.2 Å². The first kappa shape index (κ1) is 22.1. The number of nitrogens with zero attached hydrogens (tertiary/aromatic N) is 2. The summed E-state index contributed by atoms with van der Waals surface area (Å²) in [6.45, 7) is 4.25. The van der Waals surface area contributed by atoms with E-state index < -0.39 is 0 Å². The fraction of sp³-hybridized carbons (Fsp3) is 0.208. The number of benzene rings is 2. The van der Waals surface area contributed by atoms with Crippen molar-refractivity contribution in [2.24, 2.45) is 0 Å². The molecule has 0 spiro atoms. The van der Waals surface area contributed by atoms with Crippen LogP contribution in [0.25, 0.3) is 10.2 Å². The third-order valence-electron chi connectivity index (χ3n) is 5.05. The van der Waals surface area contributed by atoms with Crippen LogP contribution in [0.5, 0.6) is 5.75 Å². The van der Waals surface area contributed by atoms with Crippen molar-refractivity contribution in [3.05, 3.63) is 81.0 Å². The molecule has 1 N–H and O–H groups in total. The van der Waals surface area contributed by atoms with E-state index in [2.05, 4.69) is 10.3 Å². The Balaban J connectivity index is 1.61. The summed E-state index contributed by atoms with van der Waals surface area (Å²) in [6.07, 6.45) is 0. The van der Waals surface area contributed by atoms with E-state index in [0.29, 0.717) is 27.7 Å². The zero-order valence-corrected chi connectivity index (χ0v) is 19.7. The summed E-state index contributed by atoms with van der Waals surface area (Å²) in [5.74, 6) is 0.697. The van der Waals surface area contributed by atoms with Crippen LogP contribution >= 0.6 is 23.1 Å². The first-order chi connectivity index (χ1) is 15.5. The highest BCUT2D eigenvalue weighted by Crippen LogP contribution is 2.25. The number of thiophene rings is 1. The van der Waals surface area contributed by atoms with Gasteiger partial charge in [0.15, 0.2) is 5.16 Å². The number of hydrogen-bond donors (Lipinski definition) is 1. The summed E-state index contributed by atoms with van der Waals surface area (Å²) >= 11 is 2.62. The number of carbonyl (C=O) groups excluding carboxylic acids is 1. The average molecular weight is 466 g/mol. The van der Waals surface area contributed by atoms with Gasteiger partial charge in [-0.15, -0.1) is 11.3 Å².